The van der Waals surface area contributed by atoms with Crippen LogP contribution in [-0.4, -0.2) is 42.5 Å². The van der Waals surface area contributed by atoms with Crippen molar-refractivity contribution >= 4 is 11.6 Å². The molecule has 0 unspecified atom stereocenters. The fraction of sp³-hybridized carbons (Fsp3) is 0.269. The third kappa shape index (κ3) is 3.30. The number of carbonyl (C=O) groups is 1. The first-order chi connectivity index (χ1) is 16.5. The molecule has 1 N–H and O–H groups in total. The number of amides is 1. The summed E-state index contributed by atoms with van der Waals surface area (Å²) in [6, 6.07) is 21.2. The number of rotatable bonds is 6. The molecule has 2 aliphatic rings. The molecule has 3 atom stereocenters. The molecule has 0 aromatic heterocycles. The van der Waals surface area contributed by atoms with Gasteiger partial charge in [0.2, 0.25) is 0 Å². The fourth-order valence-electron chi connectivity index (χ4n) is 5.35. The van der Waals surface area contributed by atoms with Crippen molar-refractivity contribution in [3.63, 3.8) is 0 Å². The van der Waals surface area contributed by atoms with Crippen molar-refractivity contribution in [2.24, 2.45) is 0 Å². The van der Waals surface area contributed by atoms with E-state index in [9.17, 15) is 14.9 Å². The number of benzene rings is 3. The van der Waals surface area contributed by atoms with E-state index in [1.54, 1.807) is 49.4 Å². The van der Waals surface area contributed by atoms with Gasteiger partial charge in [0.25, 0.3) is 11.9 Å². The minimum Gasteiger partial charge on any atom is -0.493 e. The lowest BCUT2D eigenvalue weighted by Gasteiger charge is -2.30. The summed E-state index contributed by atoms with van der Waals surface area (Å²) in [5.41, 5.74) is 1.63. The van der Waals surface area contributed by atoms with Crippen LogP contribution in [0.3, 0.4) is 0 Å². The largest absolute Gasteiger partial charge is 0.493 e. The Labute approximate surface area is 197 Å². The van der Waals surface area contributed by atoms with Gasteiger partial charge in [0.1, 0.15) is 6.61 Å². The highest BCUT2D eigenvalue weighted by atomic mass is 16.6. The summed E-state index contributed by atoms with van der Waals surface area (Å²) >= 11 is 0. The van der Waals surface area contributed by atoms with Gasteiger partial charge < -0.3 is 14.8 Å². The smallest absolute Gasteiger partial charge is 0.256 e. The molecule has 0 bridgehead atoms. The van der Waals surface area contributed by atoms with E-state index in [4.69, 9.17) is 9.47 Å². The SMILES string of the molecule is COc1cc([C@@H]2CN(C)[C@@]3(C(=O)Nc4ccccc43)[C@@H]2[N+](=O)[O-])ccc1OCc1ccccc1. The maximum absolute atomic E-state index is 13.3. The first kappa shape index (κ1) is 21.9. The first-order valence-electron chi connectivity index (χ1n) is 11.1. The van der Waals surface area contributed by atoms with Gasteiger partial charge >= 0.3 is 0 Å². The number of nitrogens with one attached hydrogen (secondary N) is 1. The van der Waals surface area contributed by atoms with Crippen LogP contribution >= 0.6 is 0 Å². The quantitative estimate of drug-likeness (QED) is 0.445. The van der Waals surface area contributed by atoms with Crippen LogP contribution in [0.2, 0.25) is 0 Å². The Morgan fingerprint density at radius 1 is 1.09 bits per heavy atom. The third-order valence-electron chi connectivity index (χ3n) is 6.89. The van der Waals surface area contributed by atoms with Crippen molar-refractivity contribution in [3.05, 3.63) is 99.6 Å². The molecule has 0 saturated carbocycles. The summed E-state index contributed by atoms with van der Waals surface area (Å²) in [6.45, 7) is 0.723. The van der Waals surface area contributed by atoms with Crippen molar-refractivity contribution in [2.75, 3.05) is 26.0 Å². The standard InChI is InChI=1S/C26H25N3O5/c1-28-15-19(24(29(31)32)26(28)20-10-6-7-11-21(20)27-25(26)30)18-12-13-22(23(14-18)33-2)34-16-17-8-4-3-5-9-17/h3-14,19,24H,15-16H2,1-2H3,(H,27,30)/t19-,24+,26+/m0/s1. The molecule has 5 rings (SSSR count). The number of para-hydroxylation sites is 1. The summed E-state index contributed by atoms with van der Waals surface area (Å²) in [5, 5.41) is 15.3. The Hall–Kier alpha value is -3.91. The van der Waals surface area contributed by atoms with Crippen LogP contribution < -0.4 is 14.8 Å². The van der Waals surface area contributed by atoms with Crippen molar-refractivity contribution in [2.45, 2.75) is 24.1 Å². The normalized spacial score (nSPS) is 23.5. The number of carbonyl (C=O) groups excluding carboxylic acids is 1. The lowest BCUT2D eigenvalue weighted by Crippen LogP contribution is -2.54. The summed E-state index contributed by atoms with van der Waals surface area (Å²) in [6.07, 6.45) is 0. The van der Waals surface area contributed by atoms with Crippen LogP contribution in [0.15, 0.2) is 72.8 Å². The highest BCUT2D eigenvalue weighted by Crippen LogP contribution is 2.52. The molecule has 1 spiro atoms. The zero-order valence-electron chi connectivity index (χ0n) is 18.9. The second-order valence-electron chi connectivity index (χ2n) is 8.67. The zero-order chi connectivity index (χ0) is 23.9. The maximum Gasteiger partial charge on any atom is 0.256 e. The van der Waals surface area contributed by atoms with Gasteiger partial charge in [0.15, 0.2) is 17.0 Å². The third-order valence-corrected chi connectivity index (χ3v) is 6.89. The van der Waals surface area contributed by atoms with E-state index < -0.39 is 17.5 Å². The average molecular weight is 460 g/mol. The number of hydrogen-bond acceptors (Lipinski definition) is 6. The Morgan fingerprint density at radius 2 is 1.82 bits per heavy atom. The molecule has 3 aromatic rings. The molecule has 0 aliphatic carbocycles. The zero-order valence-corrected chi connectivity index (χ0v) is 18.9. The Morgan fingerprint density at radius 3 is 2.56 bits per heavy atom. The number of likely N-dealkylation sites (tertiary alicyclic amines) is 1. The number of nitro groups is 1. The minimum atomic E-state index is -1.37. The molecule has 3 aromatic carbocycles. The number of ether oxygens (including phenoxy) is 2. The van der Waals surface area contributed by atoms with Gasteiger partial charge in [-0.1, -0.05) is 54.6 Å². The molecule has 8 heteroatoms. The van der Waals surface area contributed by atoms with Gasteiger partial charge in [-0.25, -0.2) is 0 Å². The predicted octanol–water partition coefficient (Wildman–Crippen LogP) is 3.80. The number of anilines is 1. The average Bonchev–Trinajstić information content (AvgIpc) is 3.33. The Kier molecular flexibility index (Phi) is 5.45. The van der Waals surface area contributed by atoms with E-state index in [2.05, 4.69) is 5.32 Å². The molecule has 8 nitrogen and oxygen atoms in total. The van der Waals surface area contributed by atoms with Crippen LogP contribution in [0, 0.1) is 10.1 Å². The van der Waals surface area contributed by atoms with Crippen molar-refractivity contribution in [3.8, 4) is 11.5 Å². The molecule has 0 radical (unpaired) electrons. The van der Waals surface area contributed by atoms with E-state index in [0.717, 1.165) is 11.1 Å². The first-order valence-corrected chi connectivity index (χ1v) is 11.1. The lowest BCUT2D eigenvalue weighted by molar-refractivity contribution is -0.534. The van der Waals surface area contributed by atoms with Crippen LogP contribution in [-0.2, 0) is 16.9 Å². The van der Waals surface area contributed by atoms with Crippen molar-refractivity contribution in [1.29, 1.82) is 0 Å². The predicted molar refractivity (Wildman–Crippen MR) is 127 cm³/mol. The molecule has 34 heavy (non-hydrogen) atoms. The molecule has 2 aliphatic heterocycles. The number of likely N-dealkylation sites (N-methyl/N-ethyl adjacent to an activating group) is 1. The topological polar surface area (TPSA) is 93.9 Å². The van der Waals surface area contributed by atoms with Gasteiger partial charge in [-0.3, -0.25) is 19.8 Å². The molecule has 174 valence electrons. The van der Waals surface area contributed by atoms with E-state index >= 15 is 0 Å². The van der Waals surface area contributed by atoms with E-state index in [1.165, 1.54) is 0 Å². The second-order valence-corrected chi connectivity index (χ2v) is 8.67. The summed E-state index contributed by atoms with van der Waals surface area (Å²) in [7, 11) is 3.31. The van der Waals surface area contributed by atoms with Gasteiger partial charge in [-0.05, 0) is 36.4 Å². The van der Waals surface area contributed by atoms with Crippen LogP contribution in [0.1, 0.15) is 22.6 Å². The van der Waals surface area contributed by atoms with Gasteiger partial charge in [0, 0.05) is 22.7 Å². The number of hydrogen-bond donors (Lipinski definition) is 1. The second kappa shape index (κ2) is 8.46. The number of methoxy groups -OCH3 is 1. The molecule has 1 saturated heterocycles. The fourth-order valence-corrected chi connectivity index (χ4v) is 5.35. The molecule has 1 amide bonds. The molecule has 2 heterocycles. The number of nitrogens with zero attached hydrogens (tertiary/aromatic N) is 2. The van der Waals surface area contributed by atoms with E-state index in [-0.39, 0.29) is 10.8 Å². The number of fused-ring (bicyclic) bond motifs is 2. The van der Waals surface area contributed by atoms with Crippen LogP contribution in [0.5, 0.6) is 11.5 Å². The minimum absolute atomic E-state index is 0.317. The highest BCUT2D eigenvalue weighted by molar-refractivity contribution is 6.06. The van der Waals surface area contributed by atoms with Gasteiger partial charge in [-0.2, -0.15) is 0 Å². The summed E-state index contributed by atoms with van der Waals surface area (Å²) < 4.78 is 11.5. The maximum atomic E-state index is 13.3. The molecular weight excluding hydrogens is 434 g/mol. The summed E-state index contributed by atoms with van der Waals surface area (Å²) in [4.78, 5) is 27.2. The highest BCUT2D eigenvalue weighted by Gasteiger charge is 2.68. The van der Waals surface area contributed by atoms with Crippen molar-refractivity contribution in [1.82, 2.24) is 4.90 Å². The molecular formula is C26H25N3O5. The van der Waals surface area contributed by atoms with Crippen LogP contribution in [0.25, 0.3) is 0 Å². The Bertz CT molecular complexity index is 1250. The van der Waals surface area contributed by atoms with Gasteiger partial charge in [-0.15, -0.1) is 0 Å². The van der Waals surface area contributed by atoms with Crippen molar-refractivity contribution < 1.29 is 19.2 Å². The summed E-state index contributed by atoms with van der Waals surface area (Å²) in [5.74, 6) is 0.164. The molecule has 1 fully saturated rings. The van der Waals surface area contributed by atoms with Gasteiger partial charge in [0.05, 0.1) is 13.0 Å². The van der Waals surface area contributed by atoms with E-state index in [0.29, 0.717) is 35.9 Å². The van der Waals surface area contributed by atoms with Crippen LogP contribution in [0.4, 0.5) is 5.69 Å². The van der Waals surface area contributed by atoms with E-state index in [1.807, 2.05) is 42.5 Å². The Balaban J connectivity index is 1.50. The monoisotopic (exact) mass is 459 g/mol. The lowest BCUT2D eigenvalue weighted by atomic mass is 9.79.